The van der Waals surface area contributed by atoms with Crippen molar-refractivity contribution in [1.82, 2.24) is 4.98 Å². The van der Waals surface area contributed by atoms with Crippen LogP contribution >= 0.6 is 27.5 Å². The summed E-state index contributed by atoms with van der Waals surface area (Å²) in [5.41, 5.74) is 1.05. The molecule has 1 atom stereocenters. The maximum Gasteiger partial charge on any atom is 0.337 e. The normalized spacial score (nSPS) is 19.4. The summed E-state index contributed by atoms with van der Waals surface area (Å²) < 4.78 is 0.641. The lowest BCUT2D eigenvalue weighted by Crippen LogP contribution is -2.38. The van der Waals surface area contributed by atoms with E-state index >= 15 is 0 Å². The molecule has 2 rings (SSSR count). The molecule has 0 spiro atoms. The average molecular weight is 378 g/mol. The van der Waals surface area contributed by atoms with Crippen LogP contribution in [0.5, 0.6) is 0 Å². The maximum atomic E-state index is 11.1. The minimum Gasteiger partial charge on any atom is -0.479 e. The Balaban J connectivity index is 2.43. The molecule has 0 bridgehead atoms. The molecule has 1 saturated heterocycles. The third kappa shape index (κ3) is 3.49. The van der Waals surface area contributed by atoms with Gasteiger partial charge < -0.3 is 15.1 Å². The monoisotopic (exact) mass is 376 g/mol. The predicted octanol–water partition coefficient (Wildman–Crippen LogP) is 3.24. The highest BCUT2D eigenvalue weighted by atomic mass is 79.9. The number of carboxylic acids is 1. The van der Waals surface area contributed by atoms with E-state index in [0.29, 0.717) is 10.2 Å². The van der Waals surface area contributed by atoms with E-state index in [1.165, 1.54) is 6.20 Å². The molecule has 2 heterocycles. The number of rotatable bonds is 3. The van der Waals surface area contributed by atoms with Crippen molar-refractivity contribution in [2.45, 2.75) is 32.8 Å². The smallest absolute Gasteiger partial charge is 0.337 e. The fourth-order valence-electron chi connectivity index (χ4n) is 2.49. The van der Waals surface area contributed by atoms with Crippen LogP contribution < -0.4 is 4.90 Å². The first-order valence-corrected chi connectivity index (χ1v) is 7.90. The molecule has 5 nitrogen and oxygen atoms in total. The molecule has 1 aliphatic rings. The molecule has 0 saturated carbocycles. The summed E-state index contributed by atoms with van der Waals surface area (Å²) in [6, 6.07) is 0. The zero-order valence-electron chi connectivity index (χ0n) is 11.9. The highest BCUT2D eigenvalue weighted by Crippen LogP contribution is 2.41. The Morgan fingerprint density at radius 2 is 2.05 bits per heavy atom. The van der Waals surface area contributed by atoms with Crippen molar-refractivity contribution in [2.75, 3.05) is 18.0 Å². The molecule has 7 heteroatoms. The number of hydrogen-bond acceptors (Lipinski definition) is 4. The number of aliphatic hydroxyl groups is 1. The second kappa shape index (κ2) is 6.10. The second-order valence-corrected chi connectivity index (χ2v) is 7.26. The summed E-state index contributed by atoms with van der Waals surface area (Å²) in [6.45, 7) is 5.99. The molecule has 1 aromatic rings. The van der Waals surface area contributed by atoms with Gasteiger partial charge in [0.05, 0.1) is 15.7 Å². The topological polar surface area (TPSA) is 73.7 Å². The summed E-state index contributed by atoms with van der Waals surface area (Å²) in [4.78, 5) is 17.1. The first-order valence-electron chi connectivity index (χ1n) is 6.72. The van der Waals surface area contributed by atoms with Gasteiger partial charge in [-0.3, -0.25) is 0 Å². The lowest BCUT2D eigenvalue weighted by Gasteiger charge is -2.39. The number of aliphatic hydroxyl groups excluding tert-OH is 1. The van der Waals surface area contributed by atoms with Gasteiger partial charge in [-0.1, -0.05) is 25.4 Å². The van der Waals surface area contributed by atoms with Gasteiger partial charge in [0.25, 0.3) is 0 Å². The quantitative estimate of drug-likeness (QED) is 0.791. The van der Waals surface area contributed by atoms with Gasteiger partial charge in [-0.05, 0) is 34.2 Å². The number of nitrogens with zero attached hydrogens (tertiary/aromatic N) is 2. The molecule has 0 aromatic carbocycles. The third-order valence-electron chi connectivity index (χ3n) is 3.94. The van der Waals surface area contributed by atoms with Crippen LogP contribution in [0.4, 0.5) is 5.69 Å². The zero-order valence-corrected chi connectivity index (χ0v) is 14.3. The summed E-state index contributed by atoms with van der Waals surface area (Å²) in [5.74, 6) is -1.34. The molecule has 1 aromatic heterocycles. The molecule has 0 radical (unpaired) electrons. The highest BCUT2D eigenvalue weighted by Gasteiger charge is 2.32. The fraction of sp³-hybridized carbons (Fsp3) is 0.571. The number of hydrogen-bond donors (Lipinski definition) is 2. The van der Waals surface area contributed by atoms with Gasteiger partial charge in [0.2, 0.25) is 0 Å². The van der Waals surface area contributed by atoms with Crippen LogP contribution in [0.1, 0.15) is 38.4 Å². The van der Waals surface area contributed by atoms with E-state index in [-0.39, 0.29) is 16.1 Å². The number of aromatic nitrogens is 1. The van der Waals surface area contributed by atoms with Crippen molar-refractivity contribution in [1.29, 1.82) is 0 Å². The minimum absolute atomic E-state index is 0.0212. The Morgan fingerprint density at radius 1 is 1.48 bits per heavy atom. The minimum atomic E-state index is -1.69. The first kappa shape index (κ1) is 16.5. The Bertz CT molecular complexity index is 555. The Kier molecular flexibility index (Phi) is 4.80. The molecule has 0 unspecified atom stereocenters. The van der Waals surface area contributed by atoms with Gasteiger partial charge in [-0.25, -0.2) is 9.78 Å². The lowest BCUT2D eigenvalue weighted by molar-refractivity contribution is -0.146. The van der Waals surface area contributed by atoms with Crippen LogP contribution in [0.25, 0.3) is 0 Å². The van der Waals surface area contributed by atoms with Crippen molar-refractivity contribution in [3.05, 3.63) is 21.4 Å². The van der Waals surface area contributed by atoms with Crippen molar-refractivity contribution >= 4 is 39.2 Å². The zero-order chi connectivity index (χ0) is 15.8. The van der Waals surface area contributed by atoms with Crippen LogP contribution in [0.15, 0.2) is 10.7 Å². The molecular formula is C14H18BrClN2O3. The van der Waals surface area contributed by atoms with Gasteiger partial charge in [0, 0.05) is 19.3 Å². The standard InChI is InChI=1S/C14H18BrClN2O3/c1-14(2)3-5-18(6-4-14)10-8(15)7-17-12(16)9(10)11(19)13(20)21/h7,11,19H,3-6H2,1-2H3,(H,20,21)/t11-/m0/s1. The molecule has 0 aliphatic carbocycles. The molecule has 1 aliphatic heterocycles. The SMILES string of the molecule is CC1(C)CCN(c2c(Br)cnc(Cl)c2[C@H](O)C(=O)O)CC1. The summed E-state index contributed by atoms with van der Waals surface area (Å²) in [5, 5.41) is 19.1. The van der Waals surface area contributed by atoms with Gasteiger partial charge in [0.15, 0.2) is 6.10 Å². The van der Waals surface area contributed by atoms with Gasteiger partial charge in [0.1, 0.15) is 5.15 Å². The van der Waals surface area contributed by atoms with E-state index in [0.717, 1.165) is 25.9 Å². The summed E-state index contributed by atoms with van der Waals surface area (Å²) >= 11 is 9.43. The molecule has 2 N–H and O–H groups in total. The van der Waals surface area contributed by atoms with Gasteiger partial charge in [-0.2, -0.15) is 0 Å². The number of pyridine rings is 1. The second-order valence-electron chi connectivity index (χ2n) is 6.05. The third-order valence-corrected chi connectivity index (χ3v) is 4.82. The van der Waals surface area contributed by atoms with E-state index < -0.39 is 12.1 Å². The van der Waals surface area contributed by atoms with E-state index in [9.17, 15) is 9.90 Å². The Labute approximate surface area is 137 Å². The van der Waals surface area contributed by atoms with Crippen molar-refractivity contribution in [3.63, 3.8) is 0 Å². The Hall–Kier alpha value is -0.850. The van der Waals surface area contributed by atoms with Crippen LogP contribution in [-0.2, 0) is 4.79 Å². The molecule has 21 heavy (non-hydrogen) atoms. The average Bonchev–Trinajstić information content (AvgIpc) is 2.41. The van der Waals surface area contributed by atoms with Gasteiger partial charge in [-0.15, -0.1) is 0 Å². The van der Waals surface area contributed by atoms with Gasteiger partial charge >= 0.3 is 5.97 Å². The molecule has 0 amide bonds. The largest absolute Gasteiger partial charge is 0.479 e. The first-order chi connectivity index (χ1) is 9.73. The van der Waals surface area contributed by atoms with E-state index in [4.69, 9.17) is 16.7 Å². The summed E-state index contributed by atoms with van der Waals surface area (Å²) in [7, 11) is 0. The fourth-order valence-corrected chi connectivity index (χ4v) is 3.30. The number of carbonyl (C=O) groups is 1. The van der Waals surface area contributed by atoms with Crippen LogP contribution in [0.2, 0.25) is 5.15 Å². The molecule has 116 valence electrons. The number of aliphatic carboxylic acids is 1. The van der Waals surface area contributed by atoms with Crippen LogP contribution in [0.3, 0.4) is 0 Å². The van der Waals surface area contributed by atoms with Crippen LogP contribution in [-0.4, -0.2) is 34.3 Å². The molecular weight excluding hydrogens is 360 g/mol. The van der Waals surface area contributed by atoms with E-state index in [2.05, 4.69) is 39.7 Å². The molecule has 1 fully saturated rings. The number of halogens is 2. The number of carboxylic acid groups (broad SMARTS) is 1. The Morgan fingerprint density at radius 3 is 2.57 bits per heavy atom. The van der Waals surface area contributed by atoms with Crippen molar-refractivity contribution in [3.8, 4) is 0 Å². The lowest BCUT2D eigenvalue weighted by atomic mass is 9.82. The van der Waals surface area contributed by atoms with Crippen molar-refractivity contribution < 1.29 is 15.0 Å². The van der Waals surface area contributed by atoms with E-state index in [1.54, 1.807) is 0 Å². The van der Waals surface area contributed by atoms with E-state index in [1.807, 2.05) is 0 Å². The highest BCUT2D eigenvalue weighted by molar-refractivity contribution is 9.10. The van der Waals surface area contributed by atoms with Crippen LogP contribution in [0, 0.1) is 5.41 Å². The van der Waals surface area contributed by atoms with Crippen molar-refractivity contribution in [2.24, 2.45) is 5.41 Å². The predicted molar refractivity (Wildman–Crippen MR) is 84.8 cm³/mol. The summed E-state index contributed by atoms with van der Waals surface area (Å²) in [6.07, 6.45) is 1.83. The number of anilines is 1. The maximum absolute atomic E-state index is 11.1. The number of piperidine rings is 1.